The van der Waals surface area contributed by atoms with Crippen LogP contribution in [0.4, 0.5) is 0 Å². The van der Waals surface area contributed by atoms with Crippen LogP contribution in [-0.4, -0.2) is 21.2 Å². The molecule has 93 valence electrons. The average molecular weight is 254 g/mol. The fourth-order valence-electron chi connectivity index (χ4n) is 1.34. The number of hydrogen-bond donors (Lipinski definition) is 1. The average Bonchev–Trinajstić information content (AvgIpc) is 2.35. The van der Waals surface area contributed by atoms with Crippen molar-refractivity contribution in [3.05, 3.63) is 36.8 Å². The van der Waals surface area contributed by atoms with E-state index < -0.39 is 10.0 Å². The van der Waals surface area contributed by atoms with E-state index in [0.717, 1.165) is 19.1 Å². The molecule has 0 amide bonds. The highest BCUT2D eigenvalue weighted by Crippen LogP contribution is 2.07. The second-order valence-electron chi connectivity index (χ2n) is 3.58. The van der Waals surface area contributed by atoms with Gasteiger partial charge < -0.3 is 4.79 Å². The summed E-state index contributed by atoms with van der Waals surface area (Å²) in [6.07, 6.45) is 4.50. The fourth-order valence-corrected chi connectivity index (χ4v) is 2.44. The molecular weight excluding hydrogens is 238 g/mol. The number of aldehydes is 1. The lowest BCUT2D eigenvalue weighted by atomic mass is 10.2. The van der Waals surface area contributed by atoms with Crippen molar-refractivity contribution in [1.29, 1.82) is 0 Å². The van der Waals surface area contributed by atoms with E-state index in [1.165, 1.54) is 6.42 Å². The number of unbranched alkanes of at least 4 members (excludes halogenated alkanes) is 3. The van der Waals surface area contributed by atoms with Gasteiger partial charge in [0, 0.05) is 13.0 Å². The largest absolute Gasteiger partial charge is 0.303 e. The highest BCUT2D eigenvalue weighted by molar-refractivity contribution is 7.89. The maximum atomic E-state index is 11.7. The molecule has 0 aromatic heterocycles. The molecule has 0 atom stereocenters. The van der Waals surface area contributed by atoms with Crippen molar-refractivity contribution in [3.63, 3.8) is 0 Å². The number of hydrogen-bond acceptors (Lipinski definition) is 3. The third kappa shape index (κ3) is 5.10. The molecule has 0 bridgehead atoms. The van der Waals surface area contributed by atoms with Gasteiger partial charge in [0.1, 0.15) is 6.29 Å². The molecule has 0 aliphatic rings. The van der Waals surface area contributed by atoms with Gasteiger partial charge in [-0.15, -0.1) is 0 Å². The van der Waals surface area contributed by atoms with Crippen LogP contribution in [0.2, 0.25) is 0 Å². The summed E-state index contributed by atoms with van der Waals surface area (Å²) < 4.78 is 26.0. The molecule has 17 heavy (non-hydrogen) atoms. The first-order valence-electron chi connectivity index (χ1n) is 5.48. The zero-order chi connectivity index (χ0) is 12.6. The molecule has 5 heteroatoms. The van der Waals surface area contributed by atoms with Crippen LogP contribution < -0.4 is 4.72 Å². The summed E-state index contributed by atoms with van der Waals surface area (Å²) in [6, 6.07) is 8.26. The smallest absolute Gasteiger partial charge is 0.240 e. The van der Waals surface area contributed by atoms with Gasteiger partial charge in [-0.1, -0.05) is 24.6 Å². The van der Waals surface area contributed by atoms with Gasteiger partial charge >= 0.3 is 0 Å². The summed E-state index contributed by atoms with van der Waals surface area (Å²) in [5, 5.41) is 0. The standard InChI is InChI=1S/C12H16NO3S/c14-11-7-2-1-6-10-13-17(15,16)12-8-4-3-5-9-12/h3-5,7-9,11,13H,1-2,6,10H2. The van der Waals surface area contributed by atoms with E-state index in [4.69, 9.17) is 0 Å². The molecule has 0 aliphatic heterocycles. The minimum Gasteiger partial charge on any atom is -0.303 e. The predicted octanol–water partition coefficient (Wildman–Crippen LogP) is 1.54. The third-order valence-corrected chi connectivity index (χ3v) is 3.72. The molecule has 0 unspecified atom stereocenters. The Bertz CT molecular complexity index is 428. The molecule has 1 radical (unpaired) electrons. The summed E-state index contributed by atoms with van der Waals surface area (Å²) in [7, 11) is -3.38. The summed E-state index contributed by atoms with van der Waals surface area (Å²) in [6.45, 7) is 0.393. The van der Waals surface area contributed by atoms with E-state index in [2.05, 4.69) is 4.72 Å². The van der Waals surface area contributed by atoms with Crippen LogP contribution in [0.15, 0.2) is 35.2 Å². The van der Waals surface area contributed by atoms with Gasteiger partial charge in [-0.25, -0.2) is 13.1 Å². The molecule has 0 saturated heterocycles. The van der Waals surface area contributed by atoms with Gasteiger partial charge in [0.15, 0.2) is 0 Å². The van der Waals surface area contributed by atoms with Gasteiger partial charge in [-0.3, -0.25) is 0 Å². The highest BCUT2D eigenvalue weighted by Gasteiger charge is 2.11. The van der Waals surface area contributed by atoms with Crippen molar-refractivity contribution in [1.82, 2.24) is 4.72 Å². The lowest BCUT2D eigenvalue weighted by molar-refractivity contribution is -0.105. The number of sulfonamides is 1. The lowest BCUT2D eigenvalue weighted by Gasteiger charge is -2.05. The Labute approximate surface area is 102 Å². The maximum absolute atomic E-state index is 11.7. The van der Waals surface area contributed by atoms with Crippen molar-refractivity contribution >= 4 is 16.3 Å². The van der Waals surface area contributed by atoms with Gasteiger partial charge in [-0.2, -0.15) is 0 Å². The minimum absolute atomic E-state index is 0.277. The zero-order valence-corrected chi connectivity index (χ0v) is 10.3. The number of nitrogens with one attached hydrogen (secondary N) is 1. The van der Waals surface area contributed by atoms with Crippen molar-refractivity contribution < 1.29 is 13.2 Å². The Kier molecular flexibility index (Phi) is 5.86. The maximum Gasteiger partial charge on any atom is 0.240 e. The van der Waals surface area contributed by atoms with Crippen LogP contribution in [0.25, 0.3) is 0 Å². The van der Waals surface area contributed by atoms with E-state index in [9.17, 15) is 13.2 Å². The molecular formula is C12H16NO3S. The summed E-state index contributed by atoms with van der Waals surface area (Å²) in [5.74, 6) is 0. The Morgan fingerprint density at radius 2 is 1.82 bits per heavy atom. The second kappa shape index (κ2) is 7.19. The fraction of sp³-hybridized carbons (Fsp3) is 0.333. The highest BCUT2D eigenvalue weighted by atomic mass is 32.2. The summed E-state index contributed by atoms with van der Waals surface area (Å²) >= 11 is 0. The van der Waals surface area contributed by atoms with Crippen LogP contribution in [0, 0.1) is 6.42 Å². The van der Waals surface area contributed by atoms with Crippen molar-refractivity contribution in [3.8, 4) is 0 Å². The Balaban J connectivity index is 2.34. The topological polar surface area (TPSA) is 63.2 Å². The van der Waals surface area contributed by atoms with Crippen LogP contribution in [0.5, 0.6) is 0 Å². The minimum atomic E-state index is -3.38. The number of rotatable bonds is 8. The molecule has 4 nitrogen and oxygen atoms in total. The van der Waals surface area contributed by atoms with Crippen molar-refractivity contribution in [2.45, 2.75) is 24.2 Å². The Hall–Kier alpha value is -1.20. The first-order valence-corrected chi connectivity index (χ1v) is 6.97. The SMILES string of the molecule is O=C[CH]CCCCNS(=O)(=O)c1ccccc1. The summed E-state index contributed by atoms with van der Waals surface area (Å²) in [4.78, 5) is 10.3. The lowest BCUT2D eigenvalue weighted by Crippen LogP contribution is -2.24. The van der Waals surface area contributed by atoms with Gasteiger partial charge in [0.25, 0.3) is 0 Å². The molecule has 0 heterocycles. The van der Waals surface area contributed by atoms with Crippen LogP contribution in [-0.2, 0) is 14.8 Å². The normalized spacial score (nSPS) is 11.3. The number of benzene rings is 1. The first kappa shape index (κ1) is 13.9. The number of carbonyl (C=O) groups is 1. The molecule has 1 N–H and O–H groups in total. The monoisotopic (exact) mass is 254 g/mol. The molecule has 1 aromatic carbocycles. The van der Waals surface area contributed by atoms with Crippen LogP contribution >= 0.6 is 0 Å². The van der Waals surface area contributed by atoms with Gasteiger partial charge in [-0.05, 0) is 25.0 Å². The van der Waals surface area contributed by atoms with E-state index in [1.807, 2.05) is 0 Å². The second-order valence-corrected chi connectivity index (χ2v) is 5.35. The van der Waals surface area contributed by atoms with Crippen LogP contribution in [0.1, 0.15) is 19.3 Å². The third-order valence-electron chi connectivity index (χ3n) is 2.24. The zero-order valence-electron chi connectivity index (χ0n) is 9.50. The molecule has 0 saturated carbocycles. The van der Waals surface area contributed by atoms with Gasteiger partial charge in [0.05, 0.1) is 4.90 Å². The quantitative estimate of drug-likeness (QED) is 0.565. The van der Waals surface area contributed by atoms with E-state index >= 15 is 0 Å². The molecule has 1 aromatic rings. The van der Waals surface area contributed by atoms with Gasteiger partial charge in [0.2, 0.25) is 10.0 Å². The number of carbonyl (C=O) groups excluding carboxylic acids is 1. The van der Waals surface area contributed by atoms with E-state index in [1.54, 1.807) is 30.3 Å². The van der Waals surface area contributed by atoms with E-state index in [-0.39, 0.29) is 4.90 Å². The molecule has 1 rings (SSSR count). The Morgan fingerprint density at radius 1 is 1.12 bits per heavy atom. The van der Waals surface area contributed by atoms with Crippen LogP contribution in [0.3, 0.4) is 0 Å². The summed E-state index contributed by atoms with van der Waals surface area (Å²) in [5.41, 5.74) is 0. The molecule has 0 fully saturated rings. The van der Waals surface area contributed by atoms with Crippen molar-refractivity contribution in [2.75, 3.05) is 6.54 Å². The predicted molar refractivity (Wildman–Crippen MR) is 65.8 cm³/mol. The van der Waals surface area contributed by atoms with E-state index in [0.29, 0.717) is 13.0 Å². The first-order chi connectivity index (χ1) is 8.17. The van der Waals surface area contributed by atoms with Crippen molar-refractivity contribution in [2.24, 2.45) is 0 Å². The molecule has 0 spiro atoms. The Morgan fingerprint density at radius 3 is 2.47 bits per heavy atom. The molecule has 0 aliphatic carbocycles.